The van der Waals surface area contributed by atoms with Gasteiger partial charge in [-0.1, -0.05) is 13.8 Å². The summed E-state index contributed by atoms with van der Waals surface area (Å²) in [6, 6.07) is 1.94. The van der Waals surface area contributed by atoms with E-state index in [4.69, 9.17) is 5.11 Å². The second-order valence-corrected chi connectivity index (χ2v) is 4.86. The van der Waals surface area contributed by atoms with Crippen LogP contribution in [-0.4, -0.2) is 29.7 Å². The summed E-state index contributed by atoms with van der Waals surface area (Å²) in [5.74, 6) is 0.563. The monoisotopic (exact) mass is 248 g/mol. The lowest BCUT2D eigenvalue weighted by Crippen LogP contribution is -2.24. The first-order valence-corrected chi connectivity index (χ1v) is 5.99. The maximum atomic E-state index is 10.4. The van der Waals surface area contributed by atoms with Crippen molar-refractivity contribution in [1.29, 1.82) is 0 Å². The van der Waals surface area contributed by atoms with E-state index in [9.17, 15) is 4.79 Å². The Morgan fingerprint density at radius 2 is 2.22 bits per heavy atom. The van der Waals surface area contributed by atoms with Crippen LogP contribution in [0.25, 0.3) is 6.08 Å². The number of nitrogens with zero attached hydrogens (tertiary/aromatic N) is 2. The Morgan fingerprint density at radius 3 is 2.72 bits per heavy atom. The molecule has 1 aromatic rings. The summed E-state index contributed by atoms with van der Waals surface area (Å²) in [5.41, 5.74) is 1.85. The normalized spacial score (nSPS) is 11.2. The number of carboxylic acids is 1. The Balaban J connectivity index is 2.89. The summed E-state index contributed by atoms with van der Waals surface area (Å²) in [4.78, 5) is 16.9. The number of aryl methyl sites for hydroxylation is 1. The first kappa shape index (κ1) is 14.2. The second kappa shape index (κ2) is 6.19. The van der Waals surface area contributed by atoms with Gasteiger partial charge in [-0.15, -0.1) is 0 Å². The van der Waals surface area contributed by atoms with E-state index in [0.29, 0.717) is 5.92 Å². The van der Waals surface area contributed by atoms with E-state index >= 15 is 0 Å². The van der Waals surface area contributed by atoms with Gasteiger partial charge in [-0.2, -0.15) is 0 Å². The molecule has 0 aromatic carbocycles. The summed E-state index contributed by atoms with van der Waals surface area (Å²) >= 11 is 0. The molecule has 0 bridgehead atoms. The van der Waals surface area contributed by atoms with E-state index in [1.165, 1.54) is 0 Å². The summed E-state index contributed by atoms with van der Waals surface area (Å²) in [7, 11) is 2.02. The molecule has 0 aliphatic carbocycles. The molecule has 0 atom stereocenters. The number of rotatable bonds is 5. The molecule has 0 saturated heterocycles. The molecule has 1 N–H and O–H groups in total. The highest BCUT2D eigenvalue weighted by Crippen LogP contribution is 2.18. The van der Waals surface area contributed by atoms with Crippen LogP contribution in [0.5, 0.6) is 0 Å². The van der Waals surface area contributed by atoms with Gasteiger partial charge < -0.3 is 10.0 Å². The molecule has 4 heteroatoms. The van der Waals surface area contributed by atoms with Crippen LogP contribution in [0.4, 0.5) is 5.82 Å². The molecule has 1 rings (SSSR count). The molecule has 1 heterocycles. The van der Waals surface area contributed by atoms with E-state index in [-0.39, 0.29) is 0 Å². The van der Waals surface area contributed by atoms with Crippen molar-refractivity contribution in [3.05, 3.63) is 29.5 Å². The SMILES string of the molecule is Cc1cc(/C=C/C(=O)O)cnc1N(C)CC(C)C. The number of carbonyl (C=O) groups is 1. The van der Waals surface area contributed by atoms with Gasteiger partial charge in [0.25, 0.3) is 0 Å². The molecule has 0 saturated carbocycles. The van der Waals surface area contributed by atoms with E-state index in [1.54, 1.807) is 12.3 Å². The lowest BCUT2D eigenvalue weighted by molar-refractivity contribution is -0.131. The van der Waals surface area contributed by atoms with Crippen LogP contribution in [0, 0.1) is 12.8 Å². The fraction of sp³-hybridized carbons (Fsp3) is 0.429. The van der Waals surface area contributed by atoms with Crippen LogP contribution in [0.15, 0.2) is 18.3 Å². The topological polar surface area (TPSA) is 53.4 Å². The predicted octanol–water partition coefficient (Wildman–Crippen LogP) is 2.58. The minimum Gasteiger partial charge on any atom is -0.478 e. The maximum absolute atomic E-state index is 10.4. The minimum absolute atomic E-state index is 0.572. The predicted molar refractivity (Wildman–Crippen MR) is 73.8 cm³/mol. The molecule has 98 valence electrons. The number of hydrogen-bond donors (Lipinski definition) is 1. The van der Waals surface area contributed by atoms with Gasteiger partial charge in [-0.25, -0.2) is 9.78 Å². The van der Waals surface area contributed by atoms with Gasteiger partial charge >= 0.3 is 5.97 Å². The number of carboxylic acid groups (broad SMARTS) is 1. The van der Waals surface area contributed by atoms with Crippen molar-refractivity contribution in [3.63, 3.8) is 0 Å². The molecule has 0 aliphatic rings. The Kier molecular flexibility index (Phi) is 4.89. The van der Waals surface area contributed by atoms with E-state index < -0.39 is 5.97 Å². The molecule has 0 radical (unpaired) electrons. The number of anilines is 1. The number of pyridine rings is 1. The molecule has 18 heavy (non-hydrogen) atoms. The zero-order chi connectivity index (χ0) is 13.7. The van der Waals surface area contributed by atoms with Crippen LogP contribution in [0.3, 0.4) is 0 Å². The van der Waals surface area contributed by atoms with Crippen molar-refractivity contribution in [2.24, 2.45) is 5.92 Å². The standard InChI is InChI=1S/C14H20N2O2/c1-10(2)9-16(4)14-11(3)7-12(8-15-14)5-6-13(17)18/h5-8,10H,9H2,1-4H3,(H,17,18)/b6-5+. The fourth-order valence-corrected chi connectivity index (χ4v) is 1.88. The third-order valence-electron chi connectivity index (χ3n) is 2.49. The van der Waals surface area contributed by atoms with Crippen molar-refractivity contribution in [1.82, 2.24) is 4.98 Å². The fourth-order valence-electron chi connectivity index (χ4n) is 1.88. The molecule has 4 nitrogen and oxygen atoms in total. The van der Waals surface area contributed by atoms with Crippen LogP contribution in [0.1, 0.15) is 25.0 Å². The van der Waals surface area contributed by atoms with Gasteiger partial charge in [0, 0.05) is 25.9 Å². The smallest absolute Gasteiger partial charge is 0.328 e. The first-order chi connectivity index (χ1) is 8.40. The van der Waals surface area contributed by atoms with Crippen molar-refractivity contribution in [2.45, 2.75) is 20.8 Å². The van der Waals surface area contributed by atoms with Crippen molar-refractivity contribution in [3.8, 4) is 0 Å². The second-order valence-electron chi connectivity index (χ2n) is 4.86. The first-order valence-electron chi connectivity index (χ1n) is 5.99. The highest BCUT2D eigenvalue weighted by Gasteiger charge is 2.08. The third-order valence-corrected chi connectivity index (χ3v) is 2.49. The highest BCUT2D eigenvalue weighted by atomic mass is 16.4. The van der Waals surface area contributed by atoms with Crippen molar-refractivity contribution in [2.75, 3.05) is 18.5 Å². The summed E-state index contributed by atoms with van der Waals surface area (Å²) in [5, 5.41) is 8.57. The molecule has 0 fully saturated rings. The molecule has 0 spiro atoms. The van der Waals surface area contributed by atoms with Gasteiger partial charge in [0.05, 0.1) is 0 Å². The molecule has 0 unspecified atom stereocenters. The van der Waals surface area contributed by atoms with E-state index in [0.717, 1.165) is 29.6 Å². The Morgan fingerprint density at radius 1 is 1.56 bits per heavy atom. The summed E-state index contributed by atoms with van der Waals surface area (Å²) in [6.07, 6.45) is 4.36. The van der Waals surface area contributed by atoms with E-state index in [1.807, 2.05) is 20.0 Å². The number of aromatic nitrogens is 1. The van der Waals surface area contributed by atoms with Crippen molar-refractivity contribution >= 4 is 17.9 Å². The molecule has 0 amide bonds. The molecular formula is C14H20N2O2. The Hall–Kier alpha value is -1.84. The van der Waals surface area contributed by atoms with Gasteiger partial charge in [-0.3, -0.25) is 0 Å². The zero-order valence-electron chi connectivity index (χ0n) is 11.3. The molecule has 0 aliphatic heterocycles. The average molecular weight is 248 g/mol. The lowest BCUT2D eigenvalue weighted by Gasteiger charge is -2.22. The number of hydrogen-bond acceptors (Lipinski definition) is 3. The third kappa shape index (κ3) is 4.20. The van der Waals surface area contributed by atoms with Crippen LogP contribution >= 0.6 is 0 Å². The highest BCUT2D eigenvalue weighted by molar-refractivity contribution is 5.85. The largest absolute Gasteiger partial charge is 0.478 e. The van der Waals surface area contributed by atoms with Gasteiger partial charge in [-0.05, 0) is 36.1 Å². The quantitative estimate of drug-likeness (QED) is 0.814. The summed E-state index contributed by atoms with van der Waals surface area (Å²) < 4.78 is 0. The van der Waals surface area contributed by atoms with Crippen molar-refractivity contribution < 1.29 is 9.90 Å². The minimum atomic E-state index is -0.950. The average Bonchev–Trinajstić information content (AvgIpc) is 2.25. The summed E-state index contributed by atoms with van der Waals surface area (Å²) in [6.45, 7) is 7.25. The van der Waals surface area contributed by atoms with E-state index in [2.05, 4.69) is 23.7 Å². The van der Waals surface area contributed by atoms with Gasteiger partial charge in [0.1, 0.15) is 5.82 Å². The van der Waals surface area contributed by atoms with Crippen LogP contribution < -0.4 is 4.90 Å². The number of aliphatic carboxylic acids is 1. The molecular weight excluding hydrogens is 228 g/mol. The van der Waals surface area contributed by atoms with Crippen LogP contribution in [-0.2, 0) is 4.79 Å². The molecule has 1 aromatic heterocycles. The zero-order valence-corrected chi connectivity index (χ0v) is 11.3. The van der Waals surface area contributed by atoms with Gasteiger partial charge in [0.15, 0.2) is 0 Å². The Labute approximate surface area is 108 Å². The maximum Gasteiger partial charge on any atom is 0.328 e. The van der Waals surface area contributed by atoms with Crippen LogP contribution in [0.2, 0.25) is 0 Å². The van der Waals surface area contributed by atoms with Gasteiger partial charge in [0.2, 0.25) is 0 Å². The Bertz CT molecular complexity index is 453. The lowest BCUT2D eigenvalue weighted by atomic mass is 10.1.